The van der Waals surface area contributed by atoms with Crippen molar-refractivity contribution in [2.45, 2.75) is 0 Å². The van der Waals surface area contributed by atoms with Gasteiger partial charge in [-0.3, -0.25) is 0 Å². The minimum absolute atomic E-state index is 0. The van der Waals surface area contributed by atoms with Gasteiger partial charge in [0, 0.05) is 17.1 Å². The Balaban J connectivity index is 0.000001000. The van der Waals surface area contributed by atoms with Crippen molar-refractivity contribution in [2.75, 3.05) is 14.2 Å². The maximum absolute atomic E-state index is 4.75. The van der Waals surface area contributed by atoms with Crippen LogP contribution in [0.2, 0.25) is 0 Å². The summed E-state index contributed by atoms with van der Waals surface area (Å²) in [6.45, 7) is 0. The van der Waals surface area contributed by atoms with Crippen molar-refractivity contribution < 1.29 is 26.5 Å². The van der Waals surface area contributed by atoms with E-state index in [2.05, 4.69) is 16.3 Å². The molecule has 0 saturated carbocycles. The SMILES string of the molecule is COc1[c-]cc(OC)nn1.[Mn]. The van der Waals surface area contributed by atoms with Crippen molar-refractivity contribution >= 4 is 0 Å². The Morgan fingerprint density at radius 1 is 1.27 bits per heavy atom. The molecule has 1 aromatic rings. The summed E-state index contributed by atoms with van der Waals surface area (Å²) in [7, 11) is 3.03. The Morgan fingerprint density at radius 2 is 2.00 bits per heavy atom. The van der Waals surface area contributed by atoms with E-state index >= 15 is 0 Å². The van der Waals surface area contributed by atoms with E-state index < -0.39 is 0 Å². The first kappa shape index (κ1) is 10.2. The van der Waals surface area contributed by atoms with Gasteiger partial charge in [-0.2, -0.15) is 12.1 Å². The Hall–Kier alpha value is -0.801. The van der Waals surface area contributed by atoms with E-state index in [1.807, 2.05) is 0 Å². The van der Waals surface area contributed by atoms with E-state index in [4.69, 9.17) is 9.47 Å². The first-order chi connectivity index (χ1) is 4.86. The molecular formula is C6H7MnN2O2-. The fraction of sp³-hybridized carbons (Fsp3) is 0.333. The summed E-state index contributed by atoms with van der Waals surface area (Å²) in [6.07, 6.45) is 0. The van der Waals surface area contributed by atoms with Crippen molar-refractivity contribution in [2.24, 2.45) is 0 Å². The second kappa shape index (κ2) is 4.93. The second-order valence-corrected chi connectivity index (χ2v) is 1.54. The van der Waals surface area contributed by atoms with Crippen LogP contribution in [0.3, 0.4) is 0 Å². The molecule has 61 valence electrons. The van der Waals surface area contributed by atoms with Crippen LogP contribution in [0.15, 0.2) is 6.07 Å². The Labute approximate surface area is 75.4 Å². The molecule has 1 radical (unpaired) electrons. The standard InChI is InChI=1S/C6H7N2O2.Mn/c1-9-5-3-4-6(10-2)8-7-5;/h3H,1-2H3;/q-1;. The summed E-state index contributed by atoms with van der Waals surface area (Å²) >= 11 is 0. The summed E-state index contributed by atoms with van der Waals surface area (Å²) in [5.41, 5.74) is 0. The van der Waals surface area contributed by atoms with Crippen LogP contribution in [-0.2, 0) is 17.1 Å². The fourth-order valence-corrected chi connectivity index (χ4v) is 0.475. The maximum atomic E-state index is 4.75. The van der Waals surface area contributed by atoms with Crippen LogP contribution in [0.1, 0.15) is 0 Å². The molecular weight excluding hydrogens is 187 g/mol. The number of ether oxygens (including phenoxy) is 2. The van der Waals surface area contributed by atoms with E-state index in [9.17, 15) is 0 Å². The number of hydrogen-bond acceptors (Lipinski definition) is 4. The smallest absolute Gasteiger partial charge is 0.139 e. The number of methoxy groups -OCH3 is 2. The average molecular weight is 194 g/mol. The van der Waals surface area contributed by atoms with Crippen molar-refractivity contribution in [3.63, 3.8) is 0 Å². The molecule has 4 nitrogen and oxygen atoms in total. The Bertz CT molecular complexity index is 179. The third-order valence-electron chi connectivity index (χ3n) is 0.961. The van der Waals surface area contributed by atoms with Crippen LogP contribution < -0.4 is 9.47 Å². The van der Waals surface area contributed by atoms with Crippen LogP contribution >= 0.6 is 0 Å². The molecule has 0 aliphatic carbocycles. The number of nitrogens with zero attached hydrogens (tertiary/aromatic N) is 2. The molecule has 0 bridgehead atoms. The zero-order chi connectivity index (χ0) is 7.40. The molecule has 0 unspecified atom stereocenters. The molecule has 1 heterocycles. The molecule has 5 heteroatoms. The zero-order valence-corrected chi connectivity index (χ0v) is 7.35. The summed E-state index contributed by atoms with van der Waals surface area (Å²) < 4.78 is 9.48. The largest absolute Gasteiger partial charge is 0.563 e. The first-order valence-corrected chi connectivity index (χ1v) is 2.70. The van der Waals surface area contributed by atoms with Gasteiger partial charge in [0.05, 0.1) is 20.1 Å². The number of rotatable bonds is 2. The maximum Gasteiger partial charge on any atom is 0.139 e. The minimum Gasteiger partial charge on any atom is -0.563 e. The van der Waals surface area contributed by atoms with Crippen LogP contribution in [0.25, 0.3) is 0 Å². The second-order valence-electron chi connectivity index (χ2n) is 1.54. The molecule has 0 aromatic carbocycles. The molecule has 0 aliphatic heterocycles. The fourth-order valence-electron chi connectivity index (χ4n) is 0.475. The normalized spacial score (nSPS) is 8.18. The first-order valence-electron chi connectivity index (χ1n) is 2.70. The van der Waals surface area contributed by atoms with Gasteiger partial charge in [-0.1, -0.05) is 0 Å². The minimum atomic E-state index is 0. The molecule has 1 rings (SSSR count). The van der Waals surface area contributed by atoms with Crippen LogP contribution in [0.5, 0.6) is 11.8 Å². The van der Waals surface area contributed by atoms with Crippen molar-refractivity contribution in [1.82, 2.24) is 10.2 Å². The van der Waals surface area contributed by atoms with Crippen LogP contribution in [0.4, 0.5) is 0 Å². The quantitative estimate of drug-likeness (QED) is 0.501. The summed E-state index contributed by atoms with van der Waals surface area (Å²) in [5.74, 6) is 0.793. The van der Waals surface area contributed by atoms with E-state index in [-0.39, 0.29) is 17.1 Å². The summed E-state index contributed by atoms with van der Waals surface area (Å²) in [6, 6.07) is 4.28. The monoisotopic (exact) mass is 194 g/mol. The molecule has 0 aliphatic rings. The van der Waals surface area contributed by atoms with Gasteiger partial charge in [0.15, 0.2) is 0 Å². The molecule has 11 heavy (non-hydrogen) atoms. The molecule has 0 atom stereocenters. The van der Waals surface area contributed by atoms with E-state index in [1.54, 1.807) is 6.07 Å². The zero-order valence-electron chi connectivity index (χ0n) is 6.17. The van der Waals surface area contributed by atoms with Crippen molar-refractivity contribution in [1.29, 1.82) is 0 Å². The van der Waals surface area contributed by atoms with Crippen LogP contribution in [0, 0.1) is 6.07 Å². The molecule has 0 N–H and O–H groups in total. The van der Waals surface area contributed by atoms with Crippen molar-refractivity contribution in [3.8, 4) is 11.8 Å². The molecule has 0 amide bonds. The Morgan fingerprint density at radius 3 is 2.36 bits per heavy atom. The van der Waals surface area contributed by atoms with Gasteiger partial charge in [-0.15, -0.1) is 5.10 Å². The molecule has 0 saturated heterocycles. The molecule has 0 fully saturated rings. The number of hydrogen-bond donors (Lipinski definition) is 0. The predicted molar refractivity (Wildman–Crippen MR) is 34.0 cm³/mol. The van der Waals surface area contributed by atoms with Gasteiger partial charge in [-0.25, -0.2) is 5.10 Å². The molecule has 0 spiro atoms. The van der Waals surface area contributed by atoms with E-state index in [0.29, 0.717) is 11.8 Å². The Kier molecular flexibility index (Phi) is 4.57. The average Bonchev–Trinajstić information content (AvgIpc) is 2.05. The van der Waals surface area contributed by atoms with Gasteiger partial charge in [0.1, 0.15) is 5.88 Å². The third-order valence-corrected chi connectivity index (χ3v) is 0.961. The van der Waals surface area contributed by atoms with Gasteiger partial charge in [-0.05, 0) is 0 Å². The van der Waals surface area contributed by atoms with Crippen molar-refractivity contribution in [3.05, 3.63) is 12.1 Å². The van der Waals surface area contributed by atoms with Gasteiger partial charge < -0.3 is 9.47 Å². The van der Waals surface area contributed by atoms with E-state index in [0.717, 1.165) is 0 Å². The molecule has 1 aromatic heterocycles. The van der Waals surface area contributed by atoms with E-state index in [1.165, 1.54) is 14.2 Å². The summed E-state index contributed by atoms with van der Waals surface area (Å²) in [4.78, 5) is 0. The third kappa shape index (κ3) is 2.74. The number of aromatic nitrogens is 2. The summed E-state index contributed by atoms with van der Waals surface area (Å²) in [5, 5.41) is 7.25. The predicted octanol–water partition coefficient (Wildman–Crippen LogP) is 0.291. The van der Waals surface area contributed by atoms with Gasteiger partial charge in [0.25, 0.3) is 0 Å². The van der Waals surface area contributed by atoms with Gasteiger partial charge in [0.2, 0.25) is 0 Å². The van der Waals surface area contributed by atoms with Gasteiger partial charge >= 0.3 is 0 Å². The van der Waals surface area contributed by atoms with Crippen LogP contribution in [-0.4, -0.2) is 24.4 Å². The topological polar surface area (TPSA) is 44.2 Å².